The Labute approximate surface area is 73.4 Å². The number of hydrogen-bond donors (Lipinski definition) is 1. The quantitative estimate of drug-likeness (QED) is 0.815. The van der Waals surface area contributed by atoms with Crippen LogP contribution in [-0.4, -0.2) is 16.0 Å². The lowest BCUT2D eigenvalue weighted by Crippen LogP contribution is -2.03. The Balaban J connectivity index is 2.15. The first-order valence-electron chi connectivity index (χ1n) is 3.58. The zero-order valence-electron chi connectivity index (χ0n) is 5.92. The number of anilines is 1. The lowest BCUT2D eigenvalue weighted by atomic mass is 10.5. The maximum absolute atomic E-state index is 4.09. The molecule has 4 heteroatoms. The Morgan fingerprint density at radius 2 is 2.36 bits per heavy atom. The molecule has 1 fully saturated rings. The first kappa shape index (κ1) is 7.03. The second-order valence-corrected chi connectivity index (χ2v) is 3.49. The minimum atomic E-state index is 0.640. The first-order chi connectivity index (χ1) is 5.36. The molecule has 1 saturated carbocycles. The van der Waals surface area contributed by atoms with Gasteiger partial charge in [-0.3, -0.25) is 0 Å². The van der Waals surface area contributed by atoms with Crippen molar-refractivity contribution in [2.45, 2.75) is 18.9 Å². The van der Waals surface area contributed by atoms with Gasteiger partial charge in [0.1, 0.15) is 12.1 Å². The fourth-order valence-electron chi connectivity index (χ4n) is 0.840. The molecule has 1 N–H and O–H groups in total. The summed E-state index contributed by atoms with van der Waals surface area (Å²) >= 11 is 3.37. The summed E-state index contributed by atoms with van der Waals surface area (Å²) in [6.07, 6.45) is 5.82. The number of halogens is 1. The Morgan fingerprint density at radius 1 is 1.55 bits per heavy atom. The van der Waals surface area contributed by atoms with Gasteiger partial charge in [0.2, 0.25) is 0 Å². The number of nitrogens with zero attached hydrogens (tertiary/aromatic N) is 2. The molecule has 1 aliphatic carbocycles. The van der Waals surface area contributed by atoms with Crippen LogP contribution in [0.1, 0.15) is 12.8 Å². The summed E-state index contributed by atoms with van der Waals surface area (Å²) in [6.45, 7) is 0. The van der Waals surface area contributed by atoms with Crippen LogP contribution in [0.5, 0.6) is 0 Å². The molecule has 0 spiro atoms. The lowest BCUT2D eigenvalue weighted by Gasteiger charge is -2.03. The van der Waals surface area contributed by atoms with E-state index in [0.29, 0.717) is 6.04 Å². The fourth-order valence-corrected chi connectivity index (χ4v) is 1.17. The number of aromatic nitrogens is 2. The van der Waals surface area contributed by atoms with Crippen LogP contribution in [-0.2, 0) is 0 Å². The van der Waals surface area contributed by atoms with Gasteiger partial charge in [-0.15, -0.1) is 0 Å². The molecule has 0 atom stereocenters. The molecule has 0 aliphatic heterocycles. The predicted molar refractivity (Wildman–Crippen MR) is 46.4 cm³/mol. The predicted octanol–water partition coefficient (Wildman–Crippen LogP) is 1.81. The first-order valence-corrected chi connectivity index (χ1v) is 4.37. The summed E-state index contributed by atoms with van der Waals surface area (Å²) in [6, 6.07) is 0.640. The van der Waals surface area contributed by atoms with Gasteiger partial charge >= 0.3 is 0 Å². The van der Waals surface area contributed by atoms with Crippen LogP contribution >= 0.6 is 15.9 Å². The van der Waals surface area contributed by atoms with E-state index in [4.69, 9.17) is 0 Å². The Morgan fingerprint density at radius 3 is 3.00 bits per heavy atom. The van der Waals surface area contributed by atoms with Crippen LogP contribution in [0.25, 0.3) is 0 Å². The van der Waals surface area contributed by atoms with Gasteiger partial charge in [-0.1, -0.05) is 0 Å². The molecular weight excluding hydrogens is 206 g/mol. The van der Waals surface area contributed by atoms with Crippen molar-refractivity contribution in [3.05, 3.63) is 17.0 Å². The van der Waals surface area contributed by atoms with Crippen molar-refractivity contribution in [1.82, 2.24) is 9.97 Å². The van der Waals surface area contributed by atoms with Crippen molar-refractivity contribution in [1.29, 1.82) is 0 Å². The molecule has 1 aliphatic rings. The van der Waals surface area contributed by atoms with Crippen LogP contribution < -0.4 is 5.32 Å². The maximum Gasteiger partial charge on any atom is 0.143 e. The van der Waals surface area contributed by atoms with Crippen LogP contribution in [0.15, 0.2) is 17.0 Å². The zero-order valence-corrected chi connectivity index (χ0v) is 7.50. The average Bonchev–Trinajstić information content (AvgIpc) is 2.78. The van der Waals surface area contributed by atoms with E-state index in [1.165, 1.54) is 12.8 Å². The van der Waals surface area contributed by atoms with E-state index in [0.717, 1.165) is 10.3 Å². The number of hydrogen-bond acceptors (Lipinski definition) is 3. The minimum Gasteiger partial charge on any atom is -0.366 e. The van der Waals surface area contributed by atoms with Crippen molar-refractivity contribution < 1.29 is 0 Å². The van der Waals surface area contributed by atoms with Crippen molar-refractivity contribution in [2.24, 2.45) is 0 Å². The standard InChI is InChI=1S/C7H8BrN3/c8-6-3-9-4-10-7(6)11-5-1-2-5/h3-5H,1-2H2,(H,9,10,11). The monoisotopic (exact) mass is 213 g/mol. The molecule has 0 aromatic carbocycles. The third-order valence-corrected chi connectivity index (χ3v) is 2.17. The molecule has 11 heavy (non-hydrogen) atoms. The fraction of sp³-hybridized carbons (Fsp3) is 0.429. The summed E-state index contributed by atoms with van der Waals surface area (Å²) in [5.74, 6) is 0.905. The lowest BCUT2D eigenvalue weighted by molar-refractivity contribution is 1.07. The normalized spacial score (nSPS) is 16.5. The highest BCUT2D eigenvalue weighted by Gasteiger charge is 2.21. The summed E-state index contributed by atoms with van der Waals surface area (Å²) < 4.78 is 0.937. The van der Waals surface area contributed by atoms with E-state index >= 15 is 0 Å². The van der Waals surface area contributed by atoms with E-state index in [-0.39, 0.29) is 0 Å². The largest absolute Gasteiger partial charge is 0.366 e. The van der Waals surface area contributed by atoms with Crippen molar-refractivity contribution in [3.63, 3.8) is 0 Å². The second kappa shape index (κ2) is 2.77. The van der Waals surface area contributed by atoms with E-state index in [1.807, 2.05) is 0 Å². The van der Waals surface area contributed by atoms with Crippen LogP contribution in [0, 0.1) is 0 Å². The minimum absolute atomic E-state index is 0.640. The van der Waals surface area contributed by atoms with Gasteiger partial charge in [0.05, 0.1) is 4.47 Å². The number of rotatable bonds is 2. The molecule has 1 aromatic heterocycles. The Bertz CT molecular complexity index is 260. The molecule has 1 heterocycles. The van der Waals surface area contributed by atoms with Gasteiger partial charge in [-0.25, -0.2) is 9.97 Å². The molecule has 3 nitrogen and oxygen atoms in total. The third-order valence-electron chi connectivity index (χ3n) is 1.59. The van der Waals surface area contributed by atoms with Gasteiger partial charge in [0.25, 0.3) is 0 Å². The molecule has 0 unspecified atom stereocenters. The molecule has 1 aromatic rings. The summed E-state index contributed by atoms with van der Waals surface area (Å²) in [5, 5.41) is 3.29. The van der Waals surface area contributed by atoms with E-state index in [9.17, 15) is 0 Å². The van der Waals surface area contributed by atoms with Crippen molar-refractivity contribution in [2.75, 3.05) is 5.32 Å². The third kappa shape index (κ3) is 1.68. The summed E-state index contributed by atoms with van der Waals surface area (Å²) in [5.41, 5.74) is 0. The smallest absolute Gasteiger partial charge is 0.143 e. The SMILES string of the molecule is Brc1cncnc1NC1CC1. The highest BCUT2D eigenvalue weighted by molar-refractivity contribution is 9.10. The van der Waals surface area contributed by atoms with Gasteiger partial charge in [0, 0.05) is 12.2 Å². The van der Waals surface area contributed by atoms with Gasteiger partial charge in [0.15, 0.2) is 0 Å². The maximum atomic E-state index is 4.09. The highest BCUT2D eigenvalue weighted by atomic mass is 79.9. The van der Waals surface area contributed by atoms with Gasteiger partial charge in [-0.2, -0.15) is 0 Å². The van der Waals surface area contributed by atoms with Gasteiger partial charge in [-0.05, 0) is 28.8 Å². The summed E-state index contributed by atoms with van der Waals surface area (Å²) in [4.78, 5) is 7.96. The van der Waals surface area contributed by atoms with Crippen molar-refractivity contribution in [3.8, 4) is 0 Å². The van der Waals surface area contributed by atoms with Gasteiger partial charge < -0.3 is 5.32 Å². The van der Waals surface area contributed by atoms with E-state index < -0.39 is 0 Å². The Kier molecular flexibility index (Phi) is 1.77. The second-order valence-electron chi connectivity index (χ2n) is 2.64. The highest BCUT2D eigenvalue weighted by Crippen LogP contribution is 2.26. The molecule has 58 valence electrons. The average molecular weight is 214 g/mol. The summed E-state index contributed by atoms with van der Waals surface area (Å²) in [7, 11) is 0. The Hall–Kier alpha value is -0.640. The zero-order chi connectivity index (χ0) is 7.68. The molecule has 0 bridgehead atoms. The number of nitrogens with one attached hydrogen (secondary N) is 1. The van der Waals surface area contributed by atoms with Crippen LogP contribution in [0.2, 0.25) is 0 Å². The topological polar surface area (TPSA) is 37.8 Å². The van der Waals surface area contributed by atoms with E-state index in [2.05, 4.69) is 31.2 Å². The molecule has 0 amide bonds. The van der Waals surface area contributed by atoms with E-state index in [1.54, 1.807) is 12.5 Å². The van der Waals surface area contributed by atoms with Crippen LogP contribution in [0.3, 0.4) is 0 Å². The van der Waals surface area contributed by atoms with Crippen molar-refractivity contribution >= 4 is 21.7 Å². The van der Waals surface area contributed by atoms with Crippen LogP contribution in [0.4, 0.5) is 5.82 Å². The molecule has 0 radical (unpaired) electrons. The molecular formula is C7H8BrN3. The molecule has 2 rings (SSSR count). The molecule has 0 saturated heterocycles.